The fourth-order valence-electron chi connectivity index (χ4n) is 8.22. The molecule has 6 nitrogen and oxygen atoms in total. The van der Waals surface area contributed by atoms with Gasteiger partial charge in [0.25, 0.3) is 0 Å². The van der Waals surface area contributed by atoms with Crippen molar-refractivity contribution in [1.82, 2.24) is 5.32 Å². The number of amides is 1. The van der Waals surface area contributed by atoms with Crippen LogP contribution in [0, 0.1) is 0 Å². The molecule has 0 radical (unpaired) electrons. The zero-order chi connectivity index (χ0) is 43.0. The summed E-state index contributed by atoms with van der Waals surface area (Å²) >= 11 is 0. The number of aliphatic hydroxyl groups excluding tert-OH is 2. The molecule has 3 N–H and O–H groups in total. The van der Waals surface area contributed by atoms with E-state index in [4.69, 9.17) is 4.74 Å². The number of hydrogen-bond donors (Lipinski definition) is 3. The number of unbranched alkanes of at least 4 members (excludes halogenated alkanes) is 38. The third-order valence-corrected chi connectivity index (χ3v) is 12.3. The SMILES string of the molecule is CCCCCCCCC/C=C/C(O)C(CO)NC(=O)CCCCCCCCCCCCCCCCCCCCCCOC(=O)CCCCCCCCCCCCCCC. The Morgan fingerprint density at radius 1 is 0.458 bits per heavy atom. The highest BCUT2D eigenvalue weighted by Gasteiger charge is 2.18. The summed E-state index contributed by atoms with van der Waals surface area (Å²) in [5, 5.41) is 22.9. The fourth-order valence-corrected chi connectivity index (χ4v) is 8.22. The van der Waals surface area contributed by atoms with Crippen LogP contribution < -0.4 is 5.32 Å². The quantitative estimate of drug-likeness (QED) is 0.0322. The van der Waals surface area contributed by atoms with Crippen molar-refractivity contribution in [1.29, 1.82) is 0 Å². The second-order valence-electron chi connectivity index (χ2n) is 18.2. The van der Waals surface area contributed by atoms with Gasteiger partial charge in [-0.15, -0.1) is 0 Å². The number of carbonyl (C=O) groups excluding carboxylic acids is 2. The number of allylic oxidation sites excluding steroid dienone is 1. The molecule has 0 aliphatic rings. The van der Waals surface area contributed by atoms with Crippen LogP contribution >= 0.6 is 0 Å². The molecule has 0 aromatic rings. The van der Waals surface area contributed by atoms with Crippen LogP contribution in [0.25, 0.3) is 0 Å². The number of ether oxygens (including phenoxy) is 1. The van der Waals surface area contributed by atoms with Crippen molar-refractivity contribution in [2.45, 2.75) is 302 Å². The Labute approximate surface area is 368 Å². The minimum atomic E-state index is -0.842. The van der Waals surface area contributed by atoms with E-state index in [-0.39, 0.29) is 18.5 Å². The Hall–Kier alpha value is -1.40. The molecule has 0 bridgehead atoms. The average molecular weight is 834 g/mol. The standard InChI is InChI=1S/C53H103NO5/c1-3-5-7-9-11-13-14-23-27-31-35-39-43-47-53(58)59-48-44-40-36-32-28-25-22-20-18-16-15-17-19-21-24-26-30-34-38-42-46-52(57)54-50(49-55)51(56)45-41-37-33-29-12-10-8-6-4-2/h41,45,50-51,55-56H,3-40,42-44,46-49H2,1-2H3,(H,54,57)/b45-41+. The number of hydrogen-bond acceptors (Lipinski definition) is 5. The van der Waals surface area contributed by atoms with Gasteiger partial charge in [0.15, 0.2) is 0 Å². The smallest absolute Gasteiger partial charge is 0.305 e. The van der Waals surface area contributed by atoms with Gasteiger partial charge < -0.3 is 20.3 Å². The first-order chi connectivity index (χ1) is 29.0. The molecular weight excluding hydrogens is 731 g/mol. The van der Waals surface area contributed by atoms with E-state index in [1.165, 1.54) is 225 Å². The Balaban J connectivity index is 3.37. The molecule has 350 valence electrons. The largest absolute Gasteiger partial charge is 0.466 e. The highest BCUT2D eigenvalue weighted by molar-refractivity contribution is 5.76. The van der Waals surface area contributed by atoms with Crippen LogP contribution in [0.4, 0.5) is 0 Å². The minimum absolute atomic E-state index is 0.0113. The van der Waals surface area contributed by atoms with E-state index >= 15 is 0 Å². The monoisotopic (exact) mass is 834 g/mol. The summed E-state index contributed by atoms with van der Waals surface area (Å²) in [5.41, 5.74) is 0. The van der Waals surface area contributed by atoms with Gasteiger partial charge in [-0.3, -0.25) is 9.59 Å². The van der Waals surface area contributed by atoms with E-state index < -0.39 is 12.1 Å². The summed E-state index contributed by atoms with van der Waals surface area (Å²) in [6.45, 7) is 4.88. The first kappa shape index (κ1) is 57.6. The van der Waals surface area contributed by atoms with Crippen LogP contribution in [-0.2, 0) is 14.3 Å². The molecule has 1 amide bonds. The third kappa shape index (κ3) is 45.9. The zero-order valence-electron chi connectivity index (χ0n) is 39.7. The summed E-state index contributed by atoms with van der Waals surface area (Å²) in [6.07, 6.45) is 56.6. The van der Waals surface area contributed by atoms with Crippen LogP contribution in [0.1, 0.15) is 290 Å². The van der Waals surface area contributed by atoms with Gasteiger partial charge in [-0.25, -0.2) is 0 Å². The molecule has 0 saturated carbocycles. The minimum Gasteiger partial charge on any atom is -0.466 e. The van der Waals surface area contributed by atoms with E-state index in [1.54, 1.807) is 6.08 Å². The van der Waals surface area contributed by atoms with Gasteiger partial charge in [-0.2, -0.15) is 0 Å². The van der Waals surface area contributed by atoms with Crippen LogP contribution in [-0.4, -0.2) is 47.4 Å². The van der Waals surface area contributed by atoms with E-state index in [9.17, 15) is 19.8 Å². The van der Waals surface area contributed by atoms with Crippen molar-refractivity contribution in [2.24, 2.45) is 0 Å². The molecule has 0 fully saturated rings. The van der Waals surface area contributed by atoms with Crippen molar-refractivity contribution in [3.05, 3.63) is 12.2 Å². The van der Waals surface area contributed by atoms with Crippen molar-refractivity contribution >= 4 is 11.9 Å². The molecule has 0 spiro atoms. The van der Waals surface area contributed by atoms with E-state index in [2.05, 4.69) is 19.2 Å². The molecule has 0 aromatic carbocycles. The van der Waals surface area contributed by atoms with Gasteiger partial charge >= 0.3 is 5.97 Å². The molecule has 0 rings (SSSR count). The fraction of sp³-hybridized carbons (Fsp3) is 0.925. The maximum Gasteiger partial charge on any atom is 0.305 e. The van der Waals surface area contributed by atoms with Gasteiger partial charge in [0.1, 0.15) is 0 Å². The molecule has 2 unspecified atom stereocenters. The van der Waals surface area contributed by atoms with Gasteiger partial charge in [-0.05, 0) is 32.1 Å². The highest BCUT2D eigenvalue weighted by Crippen LogP contribution is 2.17. The van der Waals surface area contributed by atoms with Gasteiger partial charge in [0.2, 0.25) is 5.91 Å². The van der Waals surface area contributed by atoms with Gasteiger partial charge in [0, 0.05) is 12.8 Å². The molecular formula is C53H103NO5. The average Bonchev–Trinajstić information content (AvgIpc) is 3.24. The van der Waals surface area contributed by atoms with Crippen LogP contribution in [0.5, 0.6) is 0 Å². The first-order valence-corrected chi connectivity index (χ1v) is 26.5. The van der Waals surface area contributed by atoms with E-state index in [0.29, 0.717) is 19.4 Å². The number of rotatable bonds is 49. The van der Waals surface area contributed by atoms with Crippen LogP contribution in [0.15, 0.2) is 12.2 Å². The summed E-state index contributed by atoms with van der Waals surface area (Å²) in [5.74, 6) is -0.0606. The molecule has 0 saturated heterocycles. The summed E-state index contributed by atoms with van der Waals surface area (Å²) in [4.78, 5) is 24.4. The van der Waals surface area contributed by atoms with Crippen LogP contribution in [0.3, 0.4) is 0 Å². The lowest BCUT2D eigenvalue weighted by Crippen LogP contribution is -2.45. The second-order valence-corrected chi connectivity index (χ2v) is 18.2. The molecule has 0 aromatic heterocycles. The Kier molecular flexibility index (Phi) is 48.1. The Morgan fingerprint density at radius 3 is 1.15 bits per heavy atom. The Morgan fingerprint density at radius 2 is 0.780 bits per heavy atom. The normalized spacial score (nSPS) is 12.7. The lowest BCUT2D eigenvalue weighted by molar-refractivity contribution is -0.143. The van der Waals surface area contributed by atoms with Crippen molar-refractivity contribution < 1.29 is 24.5 Å². The maximum atomic E-state index is 12.4. The predicted octanol–water partition coefficient (Wildman–Crippen LogP) is 15.7. The molecule has 59 heavy (non-hydrogen) atoms. The van der Waals surface area contributed by atoms with Crippen molar-refractivity contribution in [2.75, 3.05) is 13.2 Å². The highest BCUT2D eigenvalue weighted by atomic mass is 16.5. The molecule has 2 atom stereocenters. The van der Waals surface area contributed by atoms with Gasteiger partial charge in [-0.1, -0.05) is 257 Å². The molecule has 0 heterocycles. The maximum absolute atomic E-state index is 12.4. The number of nitrogens with one attached hydrogen (secondary N) is 1. The zero-order valence-corrected chi connectivity index (χ0v) is 39.7. The lowest BCUT2D eigenvalue weighted by Gasteiger charge is -2.20. The van der Waals surface area contributed by atoms with Gasteiger partial charge in [0.05, 0.1) is 25.4 Å². The van der Waals surface area contributed by atoms with Crippen molar-refractivity contribution in [3.8, 4) is 0 Å². The molecule has 6 heteroatoms. The molecule has 0 aliphatic heterocycles. The number of carbonyl (C=O) groups is 2. The second kappa shape index (κ2) is 49.3. The lowest BCUT2D eigenvalue weighted by atomic mass is 10.0. The summed E-state index contributed by atoms with van der Waals surface area (Å²) < 4.78 is 5.47. The number of esters is 1. The van der Waals surface area contributed by atoms with E-state index in [1.807, 2.05) is 6.08 Å². The predicted molar refractivity (Wildman–Crippen MR) is 255 cm³/mol. The summed E-state index contributed by atoms with van der Waals surface area (Å²) in [6, 6.07) is -0.626. The van der Waals surface area contributed by atoms with Crippen molar-refractivity contribution in [3.63, 3.8) is 0 Å². The first-order valence-electron chi connectivity index (χ1n) is 26.5. The van der Waals surface area contributed by atoms with Crippen LogP contribution in [0.2, 0.25) is 0 Å². The summed E-state index contributed by atoms with van der Waals surface area (Å²) in [7, 11) is 0. The topological polar surface area (TPSA) is 95.9 Å². The molecule has 0 aliphatic carbocycles. The number of aliphatic hydroxyl groups is 2. The van der Waals surface area contributed by atoms with E-state index in [0.717, 1.165) is 38.5 Å². The Bertz CT molecular complexity index is 878. The third-order valence-electron chi connectivity index (χ3n) is 12.3.